The summed E-state index contributed by atoms with van der Waals surface area (Å²) >= 11 is 0.865. The number of carbonyl (C=O) groups excluding carboxylic acids is 1. The molecule has 0 saturated heterocycles. The molecule has 0 radical (unpaired) electrons. The van der Waals surface area contributed by atoms with E-state index in [9.17, 15) is 19.3 Å². The van der Waals surface area contributed by atoms with Crippen LogP contribution in [0.15, 0.2) is 17.5 Å². The van der Waals surface area contributed by atoms with Crippen LogP contribution in [0.1, 0.15) is 20.8 Å². The maximum absolute atomic E-state index is 14.1. The van der Waals surface area contributed by atoms with Gasteiger partial charge in [-0.1, -0.05) is 0 Å². The molecule has 1 aromatic carbocycles. The fourth-order valence-corrected chi connectivity index (χ4v) is 2.69. The third-order valence-corrected chi connectivity index (χ3v) is 3.85. The summed E-state index contributed by atoms with van der Waals surface area (Å²) in [5.74, 6) is -1.40. The number of nitrogens with zero attached hydrogens (tertiary/aromatic N) is 1. The predicted molar refractivity (Wildman–Crippen MR) is 78.3 cm³/mol. The Morgan fingerprint density at radius 1 is 1.32 bits per heavy atom. The molecule has 6 nitrogen and oxygen atoms in total. The Morgan fingerprint density at radius 2 is 1.91 bits per heavy atom. The zero-order chi connectivity index (χ0) is 16.4. The minimum absolute atomic E-state index is 0.0663. The van der Waals surface area contributed by atoms with Crippen LogP contribution in [0.5, 0.6) is 11.5 Å². The Hall–Kier alpha value is -2.48. The van der Waals surface area contributed by atoms with Gasteiger partial charge in [-0.3, -0.25) is 10.1 Å². The Labute approximate surface area is 129 Å². The van der Waals surface area contributed by atoms with Gasteiger partial charge in [0.1, 0.15) is 5.75 Å². The molecule has 22 heavy (non-hydrogen) atoms. The number of methoxy groups -OCH3 is 1. The van der Waals surface area contributed by atoms with Crippen LogP contribution in [-0.2, 0) is 4.74 Å². The molecule has 0 aliphatic heterocycles. The van der Waals surface area contributed by atoms with Gasteiger partial charge in [-0.05, 0) is 25.0 Å². The minimum Gasteiger partial charge on any atom is -0.465 e. The van der Waals surface area contributed by atoms with Crippen LogP contribution in [0.3, 0.4) is 0 Å². The lowest BCUT2D eigenvalue weighted by atomic mass is 10.1. The second-order valence-corrected chi connectivity index (χ2v) is 5.38. The van der Waals surface area contributed by atoms with E-state index in [1.54, 1.807) is 13.8 Å². The molecule has 116 valence electrons. The lowest BCUT2D eigenvalue weighted by Crippen LogP contribution is -2.01. The minimum atomic E-state index is -0.811. The summed E-state index contributed by atoms with van der Waals surface area (Å²) in [4.78, 5) is 21.5. The summed E-state index contributed by atoms with van der Waals surface area (Å²) in [7, 11) is 1.16. The van der Waals surface area contributed by atoms with Gasteiger partial charge in [0, 0.05) is 17.5 Å². The maximum atomic E-state index is 14.1. The summed E-state index contributed by atoms with van der Waals surface area (Å²) in [6, 6.07) is 2.68. The summed E-state index contributed by atoms with van der Waals surface area (Å²) in [5, 5.41) is 12.1. The number of halogens is 1. The molecule has 2 rings (SSSR count). The number of ether oxygens (including phenoxy) is 2. The van der Waals surface area contributed by atoms with Crippen molar-refractivity contribution in [1.82, 2.24) is 0 Å². The quantitative estimate of drug-likeness (QED) is 0.482. The molecule has 0 aliphatic rings. The Morgan fingerprint density at radius 3 is 2.41 bits per heavy atom. The molecule has 0 N–H and O–H groups in total. The van der Waals surface area contributed by atoms with E-state index in [0.717, 1.165) is 18.4 Å². The molecular formula is C14H12FNO5S. The number of esters is 1. The Bertz CT molecular complexity index is 733. The third-order valence-electron chi connectivity index (χ3n) is 2.94. The molecular weight excluding hydrogens is 313 g/mol. The van der Waals surface area contributed by atoms with E-state index in [1.807, 2.05) is 0 Å². The molecule has 0 bridgehead atoms. The van der Waals surface area contributed by atoms with E-state index < -0.39 is 16.7 Å². The second-order valence-electron chi connectivity index (χ2n) is 4.50. The molecule has 0 amide bonds. The van der Waals surface area contributed by atoms with Gasteiger partial charge in [0.15, 0.2) is 16.4 Å². The zero-order valence-corrected chi connectivity index (χ0v) is 12.8. The van der Waals surface area contributed by atoms with Crippen molar-refractivity contribution in [2.45, 2.75) is 13.8 Å². The van der Waals surface area contributed by atoms with E-state index in [-0.39, 0.29) is 16.3 Å². The van der Waals surface area contributed by atoms with Crippen molar-refractivity contribution in [3.8, 4) is 11.5 Å². The molecule has 1 aromatic heterocycles. The highest BCUT2D eigenvalue weighted by Gasteiger charge is 2.22. The largest absolute Gasteiger partial charge is 0.465 e. The van der Waals surface area contributed by atoms with Crippen molar-refractivity contribution in [1.29, 1.82) is 0 Å². The average molecular weight is 325 g/mol. The standard InChI is InChI=1S/C14H12FNO5S/c1-7-4-9(16(18)19)5-8(2)12(7)21-10-6-22-13(11(10)15)14(17)20-3/h4-6H,1-3H3. The van der Waals surface area contributed by atoms with Crippen LogP contribution < -0.4 is 4.74 Å². The molecule has 2 aromatic rings. The van der Waals surface area contributed by atoms with E-state index >= 15 is 0 Å². The van der Waals surface area contributed by atoms with Crippen molar-refractivity contribution in [3.05, 3.63) is 49.4 Å². The molecule has 0 spiro atoms. The Balaban J connectivity index is 2.38. The number of benzene rings is 1. The summed E-state index contributed by atoms with van der Waals surface area (Å²) in [5.41, 5.74) is 0.928. The number of hydrogen-bond donors (Lipinski definition) is 0. The molecule has 0 aliphatic carbocycles. The van der Waals surface area contributed by atoms with Crippen LogP contribution >= 0.6 is 11.3 Å². The number of carbonyl (C=O) groups is 1. The van der Waals surface area contributed by atoms with Crippen molar-refractivity contribution in [2.24, 2.45) is 0 Å². The van der Waals surface area contributed by atoms with E-state index in [0.29, 0.717) is 16.9 Å². The van der Waals surface area contributed by atoms with Gasteiger partial charge in [-0.15, -0.1) is 11.3 Å². The summed E-state index contributed by atoms with van der Waals surface area (Å²) in [6.45, 7) is 3.25. The fourth-order valence-electron chi connectivity index (χ4n) is 1.93. The van der Waals surface area contributed by atoms with Gasteiger partial charge in [-0.25, -0.2) is 9.18 Å². The summed E-state index contributed by atoms with van der Waals surface area (Å²) in [6.07, 6.45) is 0. The highest BCUT2D eigenvalue weighted by molar-refractivity contribution is 7.12. The highest BCUT2D eigenvalue weighted by Crippen LogP contribution is 2.36. The van der Waals surface area contributed by atoms with Crippen molar-refractivity contribution in [2.75, 3.05) is 7.11 Å². The normalized spacial score (nSPS) is 10.4. The first-order valence-electron chi connectivity index (χ1n) is 6.14. The van der Waals surface area contributed by atoms with Crippen molar-refractivity contribution >= 4 is 23.0 Å². The number of hydrogen-bond acceptors (Lipinski definition) is 6. The lowest BCUT2D eigenvalue weighted by Gasteiger charge is -2.10. The van der Waals surface area contributed by atoms with Crippen LogP contribution in [0.4, 0.5) is 10.1 Å². The maximum Gasteiger partial charge on any atom is 0.351 e. The number of nitro groups is 1. The van der Waals surface area contributed by atoms with Crippen LogP contribution in [0, 0.1) is 29.8 Å². The van der Waals surface area contributed by atoms with Crippen LogP contribution in [-0.4, -0.2) is 18.0 Å². The fraction of sp³-hybridized carbons (Fsp3) is 0.214. The van der Waals surface area contributed by atoms with Gasteiger partial charge < -0.3 is 9.47 Å². The summed E-state index contributed by atoms with van der Waals surface area (Å²) < 4.78 is 24.1. The third kappa shape index (κ3) is 2.91. The molecule has 0 unspecified atom stereocenters. The van der Waals surface area contributed by atoms with E-state index in [2.05, 4.69) is 4.74 Å². The molecule has 0 fully saturated rings. The lowest BCUT2D eigenvalue weighted by molar-refractivity contribution is -0.385. The number of aryl methyl sites for hydroxylation is 2. The number of thiophene rings is 1. The van der Waals surface area contributed by atoms with Gasteiger partial charge in [0.2, 0.25) is 0 Å². The molecule has 8 heteroatoms. The number of nitro benzene ring substituents is 1. The predicted octanol–water partition coefficient (Wildman–Crippen LogP) is 3.99. The topological polar surface area (TPSA) is 78.7 Å². The first kappa shape index (κ1) is 15.9. The monoisotopic (exact) mass is 325 g/mol. The van der Waals surface area contributed by atoms with Crippen molar-refractivity contribution in [3.63, 3.8) is 0 Å². The molecule has 0 atom stereocenters. The first-order valence-corrected chi connectivity index (χ1v) is 7.02. The van der Waals surface area contributed by atoms with Crippen molar-refractivity contribution < 1.29 is 23.6 Å². The van der Waals surface area contributed by atoms with E-state index in [4.69, 9.17) is 4.74 Å². The van der Waals surface area contributed by atoms with Gasteiger partial charge in [0.05, 0.1) is 12.0 Å². The smallest absolute Gasteiger partial charge is 0.351 e. The molecule has 0 saturated carbocycles. The second kappa shape index (κ2) is 6.10. The van der Waals surface area contributed by atoms with Crippen LogP contribution in [0.25, 0.3) is 0 Å². The zero-order valence-electron chi connectivity index (χ0n) is 12.0. The highest BCUT2D eigenvalue weighted by atomic mass is 32.1. The number of non-ortho nitro benzene ring substituents is 1. The average Bonchev–Trinajstić information content (AvgIpc) is 2.82. The van der Waals surface area contributed by atoms with Gasteiger partial charge in [-0.2, -0.15) is 0 Å². The number of rotatable bonds is 4. The van der Waals surface area contributed by atoms with E-state index in [1.165, 1.54) is 17.5 Å². The molecule has 1 heterocycles. The Kier molecular flexibility index (Phi) is 4.41. The first-order chi connectivity index (χ1) is 10.3. The van der Waals surface area contributed by atoms with Gasteiger partial charge >= 0.3 is 5.97 Å². The van der Waals surface area contributed by atoms with Gasteiger partial charge in [0.25, 0.3) is 5.69 Å². The van der Waals surface area contributed by atoms with Crippen LogP contribution in [0.2, 0.25) is 0 Å². The SMILES string of the molecule is COC(=O)c1scc(Oc2c(C)cc([N+](=O)[O-])cc2C)c1F.